The van der Waals surface area contributed by atoms with Crippen molar-refractivity contribution in [1.29, 1.82) is 0 Å². The van der Waals surface area contributed by atoms with Crippen molar-refractivity contribution in [2.24, 2.45) is 17.6 Å². The highest BCUT2D eigenvalue weighted by atomic mass is 15.6. The zero-order valence-corrected chi connectivity index (χ0v) is 9.96. The molecule has 0 aromatic carbocycles. The number of nitrogens with two attached hydrogens (primary N) is 2. The predicted octanol–water partition coefficient (Wildman–Crippen LogP) is 2.57. The van der Waals surface area contributed by atoms with Crippen LogP contribution in [0.1, 0.15) is 64.2 Å². The Morgan fingerprint density at radius 1 is 0.733 bits per heavy atom. The number of hydrazine groups is 2. The lowest BCUT2D eigenvalue weighted by atomic mass is 9.95. The molecule has 1 aliphatic rings. The highest BCUT2D eigenvalue weighted by molar-refractivity contribution is 4.63. The third-order valence-corrected chi connectivity index (χ3v) is 3.44. The van der Waals surface area contributed by atoms with Gasteiger partial charge in [0.1, 0.15) is 0 Å². The van der Waals surface area contributed by atoms with Crippen molar-refractivity contribution in [3.63, 3.8) is 0 Å². The Balaban J connectivity index is 2.25. The molecule has 0 radical (unpaired) electrons. The quantitative estimate of drug-likeness (QED) is 0.547. The Hall–Kier alpha value is -0.120. The molecule has 90 valence electrons. The molecular weight excluding hydrogens is 186 g/mol. The first-order chi connectivity index (χ1) is 7.29. The highest BCUT2D eigenvalue weighted by Crippen LogP contribution is 2.21. The van der Waals surface area contributed by atoms with E-state index in [9.17, 15) is 0 Å². The number of rotatable bonds is 2. The average molecular weight is 213 g/mol. The van der Waals surface area contributed by atoms with Crippen LogP contribution in [0.25, 0.3) is 0 Å². The molecular formula is C12H27N3. The molecule has 0 atom stereocenters. The molecule has 0 saturated heterocycles. The van der Waals surface area contributed by atoms with Gasteiger partial charge in [-0.25, -0.2) is 0 Å². The van der Waals surface area contributed by atoms with Crippen molar-refractivity contribution in [3.8, 4) is 0 Å². The Kier molecular flexibility index (Phi) is 6.98. The summed E-state index contributed by atoms with van der Waals surface area (Å²) >= 11 is 0. The van der Waals surface area contributed by atoms with Crippen molar-refractivity contribution in [3.05, 3.63) is 0 Å². The predicted molar refractivity (Wildman–Crippen MR) is 64.7 cm³/mol. The van der Waals surface area contributed by atoms with Crippen LogP contribution < -0.4 is 11.7 Å². The van der Waals surface area contributed by atoms with Gasteiger partial charge in [0.2, 0.25) is 0 Å². The zero-order chi connectivity index (χ0) is 10.9. The molecule has 0 bridgehead atoms. The Bertz CT molecular complexity index is 136. The summed E-state index contributed by atoms with van der Waals surface area (Å²) in [5.41, 5.74) is 0. The fraction of sp³-hybridized carbons (Fsp3) is 1.00. The van der Waals surface area contributed by atoms with E-state index in [1.807, 2.05) is 0 Å². The van der Waals surface area contributed by atoms with E-state index in [4.69, 9.17) is 11.7 Å². The van der Waals surface area contributed by atoms with E-state index in [-0.39, 0.29) is 0 Å². The van der Waals surface area contributed by atoms with Gasteiger partial charge in [-0.1, -0.05) is 51.4 Å². The van der Waals surface area contributed by atoms with Crippen LogP contribution >= 0.6 is 0 Å². The van der Waals surface area contributed by atoms with Gasteiger partial charge in [-0.05, 0) is 18.8 Å². The highest BCUT2D eigenvalue weighted by Gasteiger charge is 2.10. The van der Waals surface area contributed by atoms with Gasteiger partial charge in [-0.3, -0.25) is 11.7 Å². The summed E-state index contributed by atoms with van der Waals surface area (Å²) in [6, 6.07) is 0. The average Bonchev–Trinajstić information content (AvgIpc) is 2.23. The van der Waals surface area contributed by atoms with Crippen LogP contribution in [0, 0.1) is 5.92 Å². The van der Waals surface area contributed by atoms with E-state index >= 15 is 0 Å². The third-order valence-electron chi connectivity index (χ3n) is 3.44. The maximum atomic E-state index is 5.53. The summed E-state index contributed by atoms with van der Waals surface area (Å²) in [6.45, 7) is 0.861. The standard InChI is InChI=1S/C12H27N3/c13-15(14)11-12-9-7-5-3-1-2-4-6-8-10-12/h12H,1-11,13-14H2. The fourth-order valence-electron chi connectivity index (χ4n) is 2.55. The summed E-state index contributed by atoms with van der Waals surface area (Å²) in [4.78, 5) is 0. The first-order valence-corrected chi connectivity index (χ1v) is 6.56. The van der Waals surface area contributed by atoms with Crippen LogP contribution in [-0.4, -0.2) is 11.7 Å². The Labute approximate surface area is 94.1 Å². The van der Waals surface area contributed by atoms with Crippen LogP contribution in [0.4, 0.5) is 0 Å². The van der Waals surface area contributed by atoms with Gasteiger partial charge < -0.3 is 0 Å². The van der Waals surface area contributed by atoms with Crippen molar-refractivity contribution in [1.82, 2.24) is 5.12 Å². The monoisotopic (exact) mass is 213 g/mol. The maximum absolute atomic E-state index is 5.53. The molecule has 0 aromatic rings. The van der Waals surface area contributed by atoms with Crippen molar-refractivity contribution < 1.29 is 0 Å². The van der Waals surface area contributed by atoms with Crippen LogP contribution in [0.2, 0.25) is 0 Å². The smallest absolute Gasteiger partial charge is 0.0311 e. The van der Waals surface area contributed by atoms with Crippen molar-refractivity contribution >= 4 is 0 Å². The second kappa shape index (κ2) is 8.08. The molecule has 0 aliphatic heterocycles. The zero-order valence-electron chi connectivity index (χ0n) is 9.96. The molecule has 3 heteroatoms. The molecule has 0 heterocycles. The van der Waals surface area contributed by atoms with Crippen LogP contribution in [0.15, 0.2) is 0 Å². The van der Waals surface area contributed by atoms with E-state index in [0.29, 0.717) is 0 Å². The van der Waals surface area contributed by atoms with Gasteiger partial charge in [-0.15, -0.1) is 0 Å². The first kappa shape index (κ1) is 12.9. The minimum Gasteiger partial charge on any atom is -0.255 e. The molecule has 15 heavy (non-hydrogen) atoms. The lowest BCUT2D eigenvalue weighted by molar-refractivity contribution is 0.222. The lowest BCUT2D eigenvalue weighted by Crippen LogP contribution is -2.41. The summed E-state index contributed by atoms with van der Waals surface area (Å²) in [5, 5.41) is 1.37. The van der Waals surface area contributed by atoms with Crippen molar-refractivity contribution in [2.45, 2.75) is 64.2 Å². The second-order valence-corrected chi connectivity index (χ2v) is 4.97. The third kappa shape index (κ3) is 6.88. The SMILES string of the molecule is NN(N)CC1CCCCCCCCCC1. The second-order valence-electron chi connectivity index (χ2n) is 4.97. The Morgan fingerprint density at radius 3 is 1.53 bits per heavy atom. The van der Waals surface area contributed by atoms with Gasteiger partial charge in [0.25, 0.3) is 0 Å². The summed E-state index contributed by atoms with van der Waals surface area (Å²) < 4.78 is 0. The molecule has 1 fully saturated rings. The molecule has 1 saturated carbocycles. The van der Waals surface area contributed by atoms with Gasteiger partial charge in [-0.2, -0.15) is 5.12 Å². The van der Waals surface area contributed by atoms with Crippen LogP contribution in [0.5, 0.6) is 0 Å². The fourth-order valence-corrected chi connectivity index (χ4v) is 2.55. The molecule has 4 N–H and O–H groups in total. The van der Waals surface area contributed by atoms with Gasteiger partial charge in [0, 0.05) is 6.54 Å². The normalized spacial score (nSPS) is 22.6. The molecule has 0 amide bonds. The summed E-state index contributed by atoms with van der Waals surface area (Å²) in [7, 11) is 0. The van der Waals surface area contributed by atoms with Gasteiger partial charge in [0.05, 0.1) is 0 Å². The molecule has 1 rings (SSSR count). The number of hydrogen-bond acceptors (Lipinski definition) is 3. The van der Waals surface area contributed by atoms with E-state index in [0.717, 1.165) is 12.5 Å². The lowest BCUT2D eigenvalue weighted by Gasteiger charge is -2.20. The minimum absolute atomic E-state index is 0.720. The van der Waals surface area contributed by atoms with E-state index in [2.05, 4.69) is 0 Å². The minimum atomic E-state index is 0.720. The largest absolute Gasteiger partial charge is 0.255 e. The summed E-state index contributed by atoms with van der Waals surface area (Å²) in [6.07, 6.45) is 13.8. The van der Waals surface area contributed by atoms with Gasteiger partial charge in [0.15, 0.2) is 0 Å². The van der Waals surface area contributed by atoms with Gasteiger partial charge >= 0.3 is 0 Å². The topological polar surface area (TPSA) is 55.3 Å². The molecule has 0 aromatic heterocycles. The molecule has 0 spiro atoms. The van der Waals surface area contributed by atoms with E-state index in [1.54, 1.807) is 0 Å². The molecule has 3 nitrogen and oxygen atoms in total. The summed E-state index contributed by atoms with van der Waals surface area (Å²) in [5.74, 6) is 11.8. The number of hydrogen-bond donors (Lipinski definition) is 2. The van der Waals surface area contributed by atoms with E-state index in [1.165, 1.54) is 69.3 Å². The first-order valence-electron chi connectivity index (χ1n) is 6.56. The van der Waals surface area contributed by atoms with E-state index < -0.39 is 0 Å². The maximum Gasteiger partial charge on any atom is 0.0311 e. The number of nitrogens with zero attached hydrogens (tertiary/aromatic N) is 1. The van der Waals surface area contributed by atoms with Crippen LogP contribution in [0.3, 0.4) is 0 Å². The van der Waals surface area contributed by atoms with Crippen molar-refractivity contribution in [2.75, 3.05) is 6.54 Å². The Morgan fingerprint density at radius 2 is 1.13 bits per heavy atom. The molecule has 0 unspecified atom stereocenters. The van der Waals surface area contributed by atoms with Crippen LogP contribution in [-0.2, 0) is 0 Å². The molecule has 1 aliphatic carbocycles.